The van der Waals surface area contributed by atoms with Crippen LogP contribution >= 0.6 is 0 Å². The molecule has 2 N–H and O–H groups in total. The van der Waals surface area contributed by atoms with Gasteiger partial charge in [0.25, 0.3) is 10.9 Å². The Labute approximate surface area is 214 Å². The smallest absolute Gasteiger partial charge is 0.328 e. The van der Waals surface area contributed by atoms with E-state index in [1.807, 2.05) is 41.3 Å². The van der Waals surface area contributed by atoms with Crippen LogP contribution in [0.2, 0.25) is 0 Å². The fourth-order valence-corrected chi connectivity index (χ4v) is 4.75. The van der Waals surface area contributed by atoms with Crippen molar-refractivity contribution in [2.24, 2.45) is 0 Å². The summed E-state index contributed by atoms with van der Waals surface area (Å²) in [5.74, 6) is 0.240. The summed E-state index contributed by atoms with van der Waals surface area (Å²) in [5, 5.41) is 8.32. The van der Waals surface area contributed by atoms with Crippen LogP contribution in [0, 0.1) is 0 Å². The van der Waals surface area contributed by atoms with E-state index in [1.165, 1.54) is 0 Å². The van der Waals surface area contributed by atoms with E-state index in [4.69, 9.17) is 4.74 Å². The molecule has 1 aliphatic rings. The van der Waals surface area contributed by atoms with Gasteiger partial charge in [-0.25, -0.2) is 9.78 Å². The molecule has 1 fully saturated rings. The standard InChI is InChI=1S/C28H29N5O4/c1-2-37-28(36)22(32-23-24(26(35)25(23)34)33-14-4-3-5-15-33)16-18-6-8-20(9-7-18)31-27-21-17-29-12-10-19(21)11-13-30-27/h6-13,17,22,32H,2-5,14-16H2,1H3,(H,30,31)/t22-/m0/s1. The van der Waals surface area contributed by atoms with Crippen LogP contribution in [-0.4, -0.2) is 41.7 Å². The predicted octanol–water partition coefficient (Wildman–Crippen LogP) is 3.55. The molecule has 0 aliphatic carbocycles. The zero-order chi connectivity index (χ0) is 25.8. The molecule has 5 rings (SSSR count). The summed E-state index contributed by atoms with van der Waals surface area (Å²) in [7, 11) is 0. The highest BCUT2D eigenvalue weighted by molar-refractivity contribution is 5.92. The number of hydrogen-bond donors (Lipinski definition) is 2. The maximum absolute atomic E-state index is 12.8. The molecule has 0 unspecified atom stereocenters. The molecular formula is C28H29N5O4. The van der Waals surface area contributed by atoms with Crippen LogP contribution in [0.15, 0.2) is 64.6 Å². The van der Waals surface area contributed by atoms with E-state index in [0.717, 1.165) is 54.4 Å². The van der Waals surface area contributed by atoms with Crippen LogP contribution in [-0.2, 0) is 16.0 Å². The van der Waals surface area contributed by atoms with Crippen LogP contribution in [0.5, 0.6) is 0 Å². The van der Waals surface area contributed by atoms with E-state index in [9.17, 15) is 14.4 Å². The Kier molecular flexibility index (Phi) is 7.11. The molecule has 4 aromatic rings. The Balaban J connectivity index is 1.33. The Bertz CT molecular complexity index is 1470. The summed E-state index contributed by atoms with van der Waals surface area (Å²) < 4.78 is 5.27. The van der Waals surface area contributed by atoms with E-state index >= 15 is 0 Å². The lowest BCUT2D eigenvalue weighted by Crippen LogP contribution is -2.47. The van der Waals surface area contributed by atoms with Crippen molar-refractivity contribution in [2.45, 2.75) is 38.6 Å². The maximum Gasteiger partial charge on any atom is 0.328 e. The number of hydrogen-bond acceptors (Lipinski definition) is 9. The fourth-order valence-electron chi connectivity index (χ4n) is 4.75. The molecule has 3 heterocycles. The molecule has 0 bridgehead atoms. The monoisotopic (exact) mass is 499 g/mol. The number of esters is 1. The van der Waals surface area contributed by atoms with Gasteiger partial charge in [-0.3, -0.25) is 14.6 Å². The summed E-state index contributed by atoms with van der Waals surface area (Å²) in [4.78, 5) is 48.1. The van der Waals surface area contributed by atoms with Gasteiger partial charge in [-0.15, -0.1) is 0 Å². The summed E-state index contributed by atoms with van der Waals surface area (Å²) in [6, 6.07) is 10.7. The van der Waals surface area contributed by atoms with E-state index in [-0.39, 0.29) is 12.3 Å². The highest BCUT2D eigenvalue weighted by Gasteiger charge is 2.31. The van der Waals surface area contributed by atoms with E-state index in [0.29, 0.717) is 17.9 Å². The Morgan fingerprint density at radius 2 is 1.78 bits per heavy atom. The first kappa shape index (κ1) is 24.4. The van der Waals surface area contributed by atoms with Crippen molar-refractivity contribution < 1.29 is 9.53 Å². The summed E-state index contributed by atoms with van der Waals surface area (Å²) >= 11 is 0. The minimum atomic E-state index is -0.795. The predicted molar refractivity (Wildman–Crippen MR) is 144 cm³/mol. The van der Waals surface area contributed by atoms with Crippen molar-refractivity contribution in [3.8, 4) is 0 Å². The number of carbonyl (C=O) groups excluding carboxylic acids is 1. The Morgan fingerprint density at radius 3 is 2.54 bits per heavy atom. The second-order valence-corrected chi connectivity index (χ2v) is 9.16. The van der Waals surface area contributed by atoms with Crippen LogP contribution in [0.3, 0.4) is 0 Å². The molecule has 0 spiro atoms. The summed E-state index contributed by atoms with van der Waals surface area (Å²) in [5.41, 5.74) is 1.27. The molecule has 1 atom stereocenters. The van der Waals surface area contributed by atoms with Crippen LogP contribution in [0.25, 0.3) is 10.8 Å². The fraction of sp³-hybridized carbons (Fsp3) is 0.321. The number of fused-ring (bicyclic) bond motifs is 1. The SMILES string of the molecule is CCOC(=O)[C@H](Cc1ccc(Nc2nccc3ccncc23)cc1)Nc1c(N2CCCCC2)c(=O)c1=O. The number of nitrogens with zero attached hydrogens (tertiary/aromatic N) is 3. The molecule has 0 saturated carbocycles. The largest absolute Gasteiger partial charge is 0.464 e. The van der Waals surface area contributed by atoms with Gasteiger partial charge in [0, 0.05) is 49.2 Å². The van der Waals surface area contributed by atoms with Crippen molar-refractivity contribution in [3.63, 3.8) is 0 Å². The molecule has 37 heavy (non-hydrogen) atoms. The van der Waals surface area contributed by atoms with Crippen molar-refractivity contribution in [1.29, 1.82) is 0 Å². The third kappa shape index (κ3) is 5.16. The van der Waals surface area contributed by atoms with Gasteiger partial charge < -0.3 is 20.3 Å². The number of rotatable bonds is 9. The lowest BCUT2D eigenvalue weighted by atomic mass is 10.0. The van der Waals surface area contributed by atoms with Crippen LogP contribution in [0.4, 0.5) is 22.9 Å². The minimum absolute atomic E-state index is 0.220. The lowest BCUT2D eigenvalue weighted by molar-refractivity contribution is -0.144. The van der Waals surface area contributed by atoms with Crippen molar-refractivity contribution in [3.05, 3.63) is 81.0 Å². The van der Waals surface area contributed by atoms with Crippen LogP contribution in [0.1, 0.15) is 31.7 Å². The first-order valence-electron chi connectivity index (χ1n) is 12.6. The Hall–Kier alpha value is -4.27. The number of nitrogens with one attached hydrogen (secondary N) is 2. The number of aromatic nitrogens is 2. The molecule has 2 aromatic heterocycles. The van der Waals surface area contributed by atoms with Gasteiger partial charge in [0.2, 0.25) is 0 Å². The molecule has 1 saturated heterocycles. The zero-order valence-corrected chi connectivity index (χ0v) is 20.7. The first-order valence-corrected chi connectivity index (χ1v) is 12.6. The molecular weight excluding hydrogens is 470 g/mol. The molecule has 1 aliphatic heterocycles. The van der Waals surface area contributed by atoms with Gasteiger partial charge in [-0.05, 0) is 61.4 Å². The molecule has 0 amide bonds. The highest BCUT2D eigenvalue weighted by atomic mass is 16.5. The number of pyridine rings is 2. The second-order valence-electron chi connectivity index (χ2n) is 9.16. The van der Waals surface area contributed by atoms with Crippen LogP contribution < -0.4 is 26.4 Å². The number of piperidine rings is 1. The van der Waals surface area contributed by atoms with E-state index < -0.39 is 22.9 Å². The maximum atomic E-state index is 12.8. The summed E-state index contributed by atoms with van der Waals surface area (Å²) in [6.07, 6.45) is 8.62. The van der Waals surface area contributed by atoms with Gasteiger partial charge in [-0.2, -0.15) is 0 Å². The minimum Gasteiger partial charge on any atom is -0.464 e. The van der Waals surface area contributed by atoms with Gasteiger partial charge in [-0.1, -0.05) is 12.1 Å². The lowest BCUT2D eigenvalue weighted by Gasteiger charge is -2.31. The Morgan fingerprint density at radius 1 is 1.03 bits per heavy atom. The van der Waals surface area contributed by atoms with Gasteiger partial charge in [0.15, 0.2) is 0 Å². The summed E-state index contributed by atoms with van der Waals surface area (Å²) in [6.45, 7) is 3.43. The van der Waals surface area contributed by atoms with E-state index in [2.05, 4.69) is 20.6 Å². The number of carbonyl (C=O) groups is 1. The van der Waals surface area contributed by atoms with Gasteiger partial charge in [0.1, 0.15) is 23.2 Å². The molecule has 190 valence electrons. The van der Waals surface area contributed by atoms with Crippen molar-refractivity contribution in [1.82, 2.24) is 9.97 Å². The average molecular weight is 500 g/mol. The number of ether oxygens (including phenoxy) is 1. The highest BCUT2D eigenvalue weighted by Crippen LogP contribution is 2.26. The molecule has 9 heteroatoms. The third-order valence-corrected chi connectivity index (χ3v) is 6.67. The average Bonchev–Trinajstić information content (AvgIpc) is 2.93. The topological polar surface area (TPSA) is 114 Å². The van der Waals surface area contributed by atoms with Crippen molar-refractivity contribution >= 4 is 39.6 Å². The van der Waals surface area contributed by atoms with Gasteiger partial charge in [0.05, 0.1) is 6.61 Å². The third-order valence-electron chi connectivity index (χ3n) is 6.67. The second kappa shape index (κ2) is 10.8. The van der Waals surface area contributed by atoms with Crippen molar-refractivity contribution in [2.75, 3.05) is 35.2 Å². The molecule has 9 nitrogen and oxygen atoms in total. The number of benzene rings is 1. The van der Waals surface area contributed by atoms with Gasteiger partial charge >= 0.3 is 5.97 Å². The quantitative estimate of drug-likeness (QED) is 0.264. The first-order chi connectivity index (χ1) is 18.0. The molecule has 0 radical (unpaired) electrons. The number of anilines is 4. The zero-order valence-electron chi connectivity index (χ0n) is 20.7. The van der Waals surface area contributed by atoms with E-state index in [1.54, 1.807) is 25.5 Å². The normalized spacial score (nSPS) is 14.5. The molecule has 2 aromatic carbocycles.